The number of hydrogen-bond donors (Lipinski definition) is 0. The summed E-state index contributed by atoms with van der Waals surface area (Å²) >= 11 is 1.88. The van der Waals surface area contributed by atoms with Gasteiger partial charge in [-0.1, -0.05) is 136 Å². The van der Waals surface area contributed by atoms with E-state index in [4.69, 9.17) is 0 Å². The Kier molecular flexibility index (Phi) is 8.38. The maximum Gasteiger partial charge on any atom is 0.0634 e. The molecule has 0 aliphatic rings. The maximum absolute atomic E-state index is 2.47. The van der Waals surface area contributed by atoms with Gasteiger partial charge >= 0.3 is 0 Å². The zero-order valence-corrected chi connectivity index (χ0v) is 30.0. The number of aromatic nitrogens is 1. The van der Waals surface area contributed by atoms with Gasteiger partial charge in [0.2, 0.25) is 0 Å². The summed E-state index contributed by atoms with van der Waals surface area (Å²) in [5, 5.41) is 13.1. The van der Waals surface area contributed by atoms with Crippen molar-refractivity contribution in [1.82, 2.24) is 4.57 Å². The minimum Gasteiger partial charge on any atom is -0.309 e. The summed E-state index contributed by atoms with van der Waals surface area (Å²) in [6.07, 6.45) is 1.25. The predicted molar refractivity (Wildman–Crippen MR) is 223 cm³/mol. The molecule has 238 valence electrons. The molecule has 1 nitrogen and oxygen atoms in total. The minimum absolute atomic E-state index is 1.19. The normalized spacial score (nSPS) is 11.3. The second kappa shape index (κ2) is 13.1. The lowest BCUT2D eigenvalue weighted by atomic mass is 9.92. The number of hydrogen-bond acceptors (Lipinski definition) is 1. The molecular weight excluding hydrogens is 630 g/mol. The van der Waals surface area contributed by atoms with Crippen LogP contribution in [-0.4, -0.2) is 11.2 Å². The summed E-state index contributed by atoms with van der Waals surface area (Å²) in [7, 11) is 2.42. The molecule has 49 heavy (non-hydrogen) atoms. The van der Waals surface area contributed by atoms with Gasteiger partial charge < -0.3 is 4.57 Å². The molecule has 3 heteroatoms. The molecule has 0 spiro atoms. The summed E-state index contributed by atoms with van der Waals surface area (Å²) in [5.74, 6) is 0. The first-order valence-electron chi connectivity index (χ1n) is 17.1. The van der Waals surface area contributed by atoms with Crippen molar-refractivity contribution in [3.05, 3.63) is 152 Å². The van der Waals surface area contributed by atoms with Crippen molar-refractivity contribution in [1.29, 1.82) is 0 Å². The lowest BCUT2D eigenvalue weighted by Gasteiger charge is -2.12. The van der Waals surface area contributed by atoms with Crippen LogP contribution in [0.4, 0.5) is 0 Å². The highest BCUT2D eigenvalue weighted by molar-refractivity contribution is 7.26. The van der Waals surface area contributed by atoms with Crippen LogP contribution in [0.5, 0.6) is 0 Å². The standard InChI is InChI=1S/C42H25NS.C3H8.CH5P/c1-2-10-28(11-3-1)43-38-22-19-27(25-37(38)34-21-23-40-41(42(34)43)35-16-8-9-17-39(35)44-40)26-18-20-33-31-14-5-4-12-29(31)30-13-6-7-15-32(30)36(33)24-26;1-3-2;1-2/h1-25H;3H2,1-2H3;2H2,1H3. The predicted octanol–water partition coefficient (Wildman–Crippen LogP) is 14.2. The third kappa shape index (κ3) is 5.10. The molecule has 0 radical (unpaired) electrons. The van der Waals surface area contributed by atoms with Gasteiger partial charge in [-0.15, -0.1) is 20.6 Å². The fourth-order valence-electron chi connectivity index (χ4n) is 7.43. The molecule has 1 atom stereocenters. The van der Waals surface area contributed by atoms with E-state index >= 15 is 0 Å². The van der Waals surface area contributed by atoms with E-state index in [1.54, 1.807) is 0 Å². The molecule has 0 N–H and O–H groups in total. The smallest absolute Gasteiger partial charge is 0.0634 e. The Hall–Kier alpha value is -5.01. The van der Waals surface area contributed by atoms with Crippen LogP contribution in [0.3, 0.4) is 0 Å². The van der Waals surface area contributed by atoms with Gasteiger partial charge in [-0.05, 0) is 85.9 Å². The molecule has 0 saturated carbocycles. The van der Waals surface area contributed by atoms with Crippen LogP contribution in [0.1, 0.15) is 20.3 Å². The average molecular weight is 668 g/mol. The SMILES string of the molecule is CCC.CP.c1ccc(-n2c3ccc(-c4ccc5c6ccccc6c6ccccc6c5c4)cc3c3ccc4sc5ccccc5c4c32)cc1. The number of fused-ring (bicyclic) bond motifs is 13. The van der Waals surface area contributed by atoms with Crippen molar-refractivity contribution in [3.63, 3.8) is 0 Å². The number of benzene rings is 8. The van der Waals surface area contributed by atoms with Gasteiger partial charge in [-0.2, -0.15) is 0 Å². The molecule has 1 unspecified atom stereocenters. The molecule has 0 aliphatic heterocycles. The summed E-state index contributed by atoms with van der Waals surface area (Å²) < 4.78 is 5.12. The van der Waals surface area contributed by atoms with E-state index in [1.807, 2.05) is 18.0 Å². The summed E-state index contributed by atoms with van der Waals surface area (Å²) in [6.45, 7) is 6.17. The number of thiophene rings is 1. The van der Waals surface area contributed by atoms with Crippen molar-refractivity contribution in [2.45, 2.75) is 20.3 Å². The Morgan fingerprint density at radius 2 is 0.939 bits per heavy atom. The molecule has 2 heterocycles. The molecule has 0 amide bonds. The van der Waals surface area contributed by atoms with E-state index in [-0.39, 0.29) is 0 Å². The zero-order chi connectivity index (χ0) is 33.5. The van der Waals surface area contributed by atoms with Crippen LogP contribution in [-0.2, 0) is 0 Å². The van der Waals surface area contributed by atoms with Crippen molar-refractivity contribution in [2.75, 3.05) is 6.66 Å². The second-order valence-corrected chi connectivity index (χ2v) is 13.5. The van der Waals surface area contributed by atoms with E-state index in [9.17, 15) is 0 Å². The van der Waals surface area contributed by atoms with Crippen LogP contribution >= 0.6 is 20.6 Å². The average Bonchev–Trinajstić information content (AvgIpc) is 3.71. The topological polar surface area (TPSA) is 4.93 Å². The quantitative estimate of drug-likeness (QED) is 0.128. The lowest BCUT2D eigenvalue weighted by Crippen LogP contribution is -1.93. The van der Waals surface area contributed by atoms with Crippen molar-refractivity contribution in [3.8, 4) is 16.8 Å². The molecule has 8 aromatic carbocycles. The highest BCUT2D eigenvalue weighted by atomic mass is 32.1. The maximum atomic E-state index is 2.47. The van der Waals surface area contributed by atoms with E-state index in [0.29, 0.717) is 0 Å². The van der Waals surface area contributed by atoms with Gasteiger partial charge in [-0.3, -0.25) is 0 Å². The molecule has 10 aromatic rings. The van der Waals surface area contributed by atoms with Crippen LogP contribution in [0.15, 0.2) is 152 Å². The Labute approximate surface area is 293 Å². The van der Waals surface area contributed by atoms with Gasteiger partial charge in [0.1, 0.15) is 0 Å². The Morgan fingerprint density at radius 3 is 1.59 bits per heavy atom. The fraction of sp³-hybridized carbons (Fsp3) is 0.0870. The minimum atomic E-state index is 1.19. The second-order valence-electron chi connectivity index (χ2n) is 12.4. The first-order chi connectivity index (χ1) is 24.2. The van der Waals surface area contributed by atoms with Crippen molar-refractivity contribution in [2.24, 2.45) is 0 Å². The van der Waals surface area contributed by atoms with Gasteiger partial charge in [0.25, 0.3) is 0 Å². The Bertz CT molecular complexity index is 2750. The van der Waals surface area contributed by atoms with E-state index in [2.05, 4.69) is 179 Å². The number of nitrogens with zero attached hydrogens (tertiary/aromatic N) is 1. The lowest BCUT2D eigenvalue weighted by molar-refractivity contribution is 1.09. The monoisotopic (exact) mass is 667 g/mol. The summed E-state index contributed by atoms with van der Waals surface area (Å²) in [4.78, 5) is 0. The van der Waals surface area contributed by atoms with Crippen LogP contribution in [0.2, 0.25) is 0 Å². The highest BCUT2D eigenvalue weighted by Gasteiger charge is 2.19. The Morgan fingerprint density at radius 1 is 0.449 bits per heavy atom. The first kappa shape index (κ1) is 31.3. The first-order valence-corrected chi connectivity index (χ1v) is 19.1. The molecule has 0 bridgehead atoms. The summed E-state index contributed by atoms with van der Waals surface area (Å²) in [6, 6.07) is 55.9. The number of para-hydroxylation sites is 1. The fourth-order valence-corrected chi connectivity index (χ4v) is 8.54. The Balaban J connectivity index is 0.000000664. The van der Waals surface area contributed by atoms with Crippen LogP contribution < -0.4 is 0 Å². The van der Waals surface area contributed by atoms with Crippen molar-refractivity contribution < 1.29 is 0 Å². The molecular formula is C46H38NPS. The zero-order valence-electron chi connectivity index (χ0n) is 28.1. The van der Waals surface area contributed by atoms with Gasteiger partial charge in [0.05, 0.1) is 11.0 Å². The number of rotatable bonds is 2. The molecule has 0 aliphatic carbocycles. The van der Waals surface area contributed by atoms with Crippen LogP contribution in [0, 0.1) is 0 Å². The molecule has 2 aromatic heterocycles. The summed E-state index contributed by atoms with van der Waals surface area (Å²) in [5.41, 5.74) is 6.18. The molecule has 0 saturated heterocycles. The van der Waals surface area contributed by atoms with Gasteiger partial charge in [0, 0.05) is 36.6 Å². The van der Waals surface area contributed by atoms with E-state index in [0.717, 1.165) is 0 Å². The third-order valence-corrected chi connectivity index (χ3v) is 10.5. The molecule has 0 fully saturated rings. The highest BCUT2D eigenvalue weighted by Crippen LogP contribution is 2.44. The van der Waals surface area contributed by atoms with E-state index in [1.165, 1.54) is 97.5 Å². The van der Waals surface area contributed by atoms with Gasteiger partial charge in [-0.25, -0.2) is 0 Å². The molecule has 10 rings (SSSR count). The van der Waals surface area contributed by atoms with Crippen LogP contribution in [0.25, 0.3) is 91.1 Å². The largest absolute Gasteiger partial charge is 0.309 e. The third-order valence-electron chi connectivity index (χ3n) is 9.36. The van der Waals surface area contributed by atoms with Crippen molar-refractivity contribution >= 4 is 94.9 Å². The van der Waals surface area contributed by atoms with E-state index < -0.39 is 0 Å². The van der Waals surface area contributed by atoms with Gasteiger partial charge in [0.15, 0.2) is 0 Å².